The van der Waals surface area contributed by atoms with Crippen LogP contribution in [-0.4, -0.2) is 5.51 Å². The van der Waals surface area contributed by atoms with Gasteiger partial charge in [0.25, 0.3) is 0 Å². The molecule has 0 bridgehead atoms. The highest BCUT2D eigenvalue weighted by Crippen LogP contribution is 2.83. The van der Waals surface area contributed by atoms with Gasteiger partial charge in [0, 0.05) is 4.90 Å². The third-order valence-electron chi connectivity index (χ3n) is 2.93. The van der Waals surface area contributed by atoms with Gasteiger partial charge < -0.3 is 0 Å². The topological polar surface area (TPSA) is 0 Å². The molecule has 1 unspecified atom stereocenters. The number of hydrogen-bond acceptors (Lipinski definition) is 0. The molecule has 0 fully saturated rings. The van der Waals surface area contributed by atoms with Gasteiger partial charge in [-0.3, -0.25) is 0 Å². The summed E-state index contributed by atoms with van der Waals surface area (Å²) in [5, 5.41) is 0. The summed E-state index contributed by atoms with van der Waals surface area (Å²) in [6, 6.07) is 3.57. The van der Waals surface area contributed by atoms with E-state index < -0.39 is 25.2 Å². The number of rotatable bonds is 0. The van der Waals surface area contributed by atoms with Crippen molar-refractivity contribution in [2.75, 3.05) is 0 Å². The Morgan fingerprint density at radius 1 is 1.11 bits per heavy atom. The van der Waals surface area contributed by atoms with Crippen molar-refractivity contribution in [1.82, 2.24) is 0 Å². The van der Waals surface area contributed by atoms with Crippen LogP contribution in [0.3, 0.4) is 0 Å². The molecule has 0 saturated heterocycles. The first-order chi connectivity index (χ1) is 8.48. The third-order valence-corrected chi connectivity index (χ3v) is 9.05. The molecule has 0 aliphatic carbocycles. The van der Waals surface area contributed by atoms with Crippen molar-refractivity contribution in [3.05, 3.63) is 34.5 Å². The molecular formula is C13H13BrF4S. The van der Waals surface area contributed by atoms with Gasteiger partial charge in [-0.25, -0.2) is 4.39 Å². The minimum atomic E-state index is -4.45. The highest BCUT2D eigenvalue weighted by molar-refractivity contribution is 9.59. The highest BCUT2D eigenvalue weighted by Gasteiger charge is 2.57. The second-order valence-electron chi connectivity index (χ2n) is 5.42. The van der Waals surface area contributed by atoms with Crippen LogP contribution in [0.1, 0.15) is 26.3 Å². The Labute approximate surface area is 118 Å². The molecule has 6 heteroatoms. The van der Waals surface area contributed by atoms with E-state index in [-0.39, 0.29) is 9.80 Å². The van der Waals surface area contributed by atoms with Crippen molar-refractivity contribution in [2.24, 2.45) is 5.41 Å². The van der Waals surface area contributed by atoms with Gasteiger partial charge in [0.1, 0.15) is 5.82 Å². The normalized spacial score (nSPS) is 26.6. The first-order valence-corrected chi connectivity index (χ1v) is 9.06. The number of alkyl halides is 3. The molecule has 0 spiro atoms. The largest absolute Gasteiger partial charge is 0.442 e. The summed E-state index contributed by atoms with van der Waals surface area (Å²) < 4.78 is 54.0. The monoisotopic (exact) mass is 356 g/mol. The molecule has 0 nitrogen and oxygen atoms in total. The standard InChI is InChI=1S/C13H13BrF4S/c1-12(2,3)11-6-8-4-5-9(15)7-10(8)19(11,14)13(16,17)18/h4-7H,1-3H3. The van der Waals surface area contributed by atoms with Gasteiger partial charge in [0.2, 0.25) is 0 Å². The van der Waals surface area contributed by atoms with E-state index in [2.05, 4.69) is 14.8 Å². The minimum absolute atomic E-state index is 0.00456. The maximum atomic E-state index is 13.6. The van der Waals surface area contributed by atoms with Gasteiger partial charge >= 0.3 is 5.51 Å². The van der Waals surface area contributed by atoms with Gasteiger partial charge in [0.05, 0.1) is 0 Å². The molecule has 1 aliphatic heterocycles. The lowest BCUT2D eigenvalue weighted by Gasteiger charge is -2.40. The zero-order chi connectivity index (χ0) is 14.6. The van der Waals surface area contributed by atoms with Crippen molar-refractivity contribution in [1.29, 1.82) is 0 Å². The fraction of sp³-hybridized carbons (Fsp3) is 0.385. The van der Waals surface area contributed by atoms with Crippen LogP contribution >= 0.6 is 23.3 Å². The molecule has 1 aliphatic rings. The second-order valence-corrected chi connectivity index (χ2v) is 10.8. The summed E-state index contributed by atoms with van der Waals surface area (Å²) in [6.45, 7) is 5.20. The summed E-state index contributed by atoms with van der Waals surface area (Å²) in [7, 11) is -3.37. The van der Waals surface area contributed by atoms with E-state index in [9.17, 15) is 17.6 Å². The maximum absolute atomic E-state index is 13.6. The fourth-order valence-corrected chi connectivity index (χ4v) is 7.27. The van der Waals surface area contributed by atoms with Crippen molar-refractivity contribution in [3.8, 4) is 0 Å². The summed E-state index contributed by atoms with van der Waals surface area (Å²) >= 11 is 2.92. The lowest BCUT2D eigenvalue weighted by atomic mass is 9.95. The van der Waals surface area contributed by atoms with Crippen LogP contribution in [-0.2, 0) is 0 Å². The van der Waals surface area contributed by atoms with Crippen molar-refractivity contribution in [2.45, 2.75) is 31.2 Å². The molecule has 0 saturated carbocycles. The van der Waals surface area contributed by atoms with E-state index in [0.717, 1.165) is 6.07 Å². The molecule has 0 radical (unpaired) electrons. The zero-order valence-electron chi connectivity index (χ0n) is 10.6. The van der Waals surface area contributed by atoms with Gasteiger partial charge in [-0.15, -0.1) is 0 Å². The van der Waals surface area contributed by atoms with Crippen LogP contribution < -0.4 is 0 Å². The van der Waals surface area contributed by atoms with E-state index in [4.69, 9.17) is 0 Å². The van der Waals surface area contributed by atoms with Gasteiger partial charge in [-0.1, -0.05) is 26.8 Å². The molecule has 1 heterocycles. The number of benzene rings is 1. The lowest BCUT2D eigenvalue weighted by molar-refractivity contribution is -0.0358. The van der Waals surface area contributed by atoms with Crippen LogP contribution in [0.15, 0.2) is 28.0 Å². The van der Waals surface area contributed by atoms with Crippen molar-refractivity contribution >= 4 is 29.4 Å². The van der Waals surface area contributed by atoms with Crippen molar-refractivity contribution < 1.29 is 17.6 Å². The lowest BCUT2D eigenvalue weighted by Crippen LogP contribution is -2.22. The third kappa shape index (κ3) is 2.23. The molecule has 19 heavy (non-hydrogen) atoms. The van der Waals surface area contributed by atoms with E-state index in [1.807, 2.05) is 0 Å². The summed E-state index contributed by atoms with van der Waals surface area (Å²) in [6.07, 6.45) is 1.53. The van der Waals surface area contributed by atoms with Crippen molar-refractivity contribution in [3.63, 3.8) is 0 Å². The summed E-state index contributed by atoms with van der Waals surface area (Å²) in [5.41, 5.74) is -4.66. The second kappa shape index (κ2) is 4.25. The maximum Gasteiger partial charge on any atom is 0.442 e. The average Bonchev–Trinajstić information content (AvgIpc) is 2.52. The minimum Gasteiger partial charge on any atom is -0.207 e. The van der Waals surface area contributed by atoms with Crippen LogP contribution in [0.5, 0.6) is 0 Å². The van der Waals surface area contributed by atoms with Crippen LogP contribution in [0.4, 0.5) is 17.6 Å². The molecule has 106 valence electrons. The quantitative estimate of drug-likeness (QED) is 0.484. The van der Waals surface area contributed by atoms with E-state index in [0.29, 0.717) is 5.56 Å². The summed E-state index contributed by atoms with van der Waals surface area (Å²) in [4.78, 5) is 0.276. The van der Waals surface area contributed by atoms with E-state index in [1.54, 1.807) is 20.8 Å². The smallest absolute Gasteiger partial charge is 0.207 e. The Hall–Kier alpha value is -0.490. The predicted molar refractivity (Wildman–Crippen MR) is 74.7 cm³/mol. The van der Waals surface area contributed by atoms with E-state index >= 15 is 0 Å². The van der Waals surface area contributed by atoms with Crippen LogP contribution in [0.25, 0.3) is 6.08 Å². The van der Waals surface area contributed by atoms with E-state index in [1.165, 1.54) is 18.2 Å². The number of halogens is 5. The molecule has 0 amide bonds. The van der Waals surface area contributed by atoms with Crippen LogP contribution in [0.2, 0.25) is 0 Å². The molecule has 0 N–H and O–H groups in total. The predicted octanol–water partition coefficient (Wildman–Crippen LogP) is 6.22. The van der Waals surface area contributed by atoms with Crippen LogP contribution in [0, 0.1) is 11.2 Å². The number of allylic oxidation sites excluding steroid dienone is 1. The Kier molecular flexibility index (Phi) is 3.34. The first kappa shape index (κ1) is 14.9. The summed E-state index contributed by atoms with van der Waals surface area (Å²) in [5.74, 6) is -0.650. The first-order valence-electron chi connectivity index (χ1n) is 5.59. The van der Waals surface area contributed by atoms with Gasteiger partial charge in [-0.05, 0) is 57.4 Å². The fourth-order valence-electron chi connectivity index (χ4n) is 2.10. The molecular weight excluding hydrogens is 344 g/mol. The highest BCUT2D eigenvalue weighted by atomic mass is 79.9. The Morgan fingerprint density at radius 3 is 2.16 bits per heavy atom. The molecule has 1 aromatic carbocycles. The Balaban J connectivity index is 2.75. The SMILES string of the molecule is CC(C)(C)C1=Cc2ccc(F)cc2S1(Br)C(F)(F)F. The molecule has 1 atom stereocenters. The molecule has 2 rings (SSSR count). The zero-order valence-corrected chi connectivity index (χ0v) is 13.0. The molecule has 0 aromatic heterocycles. The number of hydrogen-bond donors (Lipinski definition) is 0. The Morgan fingerprint density at radius 2 is 1.68 bits per heavy atom. The molecule has 1 aromatic rings. The van der Waals surface area contributed by atoms with Gasteiger partial charge in [-0.2, -0.15) is 13.2 Å². The Bertz CT molecular complexity index is 557. The van der Waals surface area contributed by atoms with Gasteiger partial charge in [0.15, 0.2) is 0 Å². The average molecular weight is 357 g/mol. The number of fused-ring (bicyclic) bond motifs is 1.